The van der Waals surface area contributed by atoms with Crippen molar-refractivity contribution in [1.29, 1.82) is 5.41 Å². The predicted octanol–water partition coefficient (Wildman–Crippen LogP) is 2.03. The molecule has 6 N–H and O–H groups in total. The van der Waals surface area contributed by atoms with Gasteiger partial charge in [0.1, 0.15) is 0 Å². The second-order valence-electron chi connectivity index (χ2n) is 8.80. The van der Waals surface area contributed by atoms with Crippen LogP contribution in [0.15, 0.2) is 35.3 Å². The molecule has 0 bridgehead atoms. The molecule has 4 aromatic rings. The zero-order valence-electron chi connectivity index (χ0n) is 21.5. The highest BCUT2D eigenvalue weighted by molar-refractivity contribution is 7.15. The fraction of sp³-hybridized carbons (Fsp3) is 0.320. The van der Waals surface area contributed by atoms with Crippen molar-refractivity contribution in [3.8, 4) is 0 Å². The Balaban J connectivity index is 1.74. The van der Waals surface area contributed by atoms with Crippen LogP contribution in [-0.2, 0) is 17.9 Å². The Morgan fingerprint density at radius 3 is 2.63 bits per heavy atom. The number of thiophene rings is 1. The predicted molar refractivity (Wildman–Crippen MR) is 151 cm³/mol. The number of carbonyl (C=O) groups excluding carboxylic acids is 2. The highest BCUT2D eigenvalue weighted by Crippen LogP contribution is 2.27. The van der Waals surface area contributed by atoms with Crippen molar-refractivity contribution in [3.63, 3.8) is 0 Å². The number of nitrogens with one attached hydrogen (secondary N) is 4. The van der Waals surface area contributed by atoms with Crippen LogP contribution >= 0.6 is 11.3 Å². The van der Waals surface area contributed by atoms with E-state index in [0.717, 1.165) is 12.8 Å². The van der Waals surface area contributed by atoms with Gasteiger partial charge in [-0.3, -0.25) is 19.5 Å². The third kappa shape index (κ3) is 5.38. The number of hydrogen-bond donors (Lipinski definition) is 5. The normalized spacial score (nSPS) is 11.8. The molecule has 13 heteroatoms. The van der Waals surface area contributed by atoms with Gasteiger partial charge in [-0.25, -0.2) is 9.78 Å². The monoisotopic (exact) mass is 537 g/mol. The molecule has 0 fully saturated rings. The number of carbonyl (C=O) groups is 2. The molecule has 200 valence electrons. The van der Waals surface area contributed by atoms with E-state index < -0.39 is 0 Å². The summed E-state index contributed by atoms with van der Waals surface area (Å²) in [4.78, 5) is 48.3. The van der Waals surface area contributed by atoms with Gasteiger partial charge in [-0.15, -0.1) is 11.3 Å². The quantitative estimate of drug-likeness (QED) is 0.145. The number of allylic oxidation sites excluding steroid dienone is 1. The van der Waals surface area contributed by atoms with Crippen LogP contribution in [0.3, 0.4) is 0 Å². The van der Waals surface area contributed by atoms with Crippen molar-refractivity contribution in [2.75, 3.05) is 32.5 Å². The summed E-state index contributed by atoms with van der Waals surface area (Å²) in [6, 6.07) is 7.04. The molecule has 3 aromatic heterocycles. The Morgan fingerprint density at radius 1 is 1.18 bits per heavy atom. The van der Waals surface area contributed by atoms with Gasteiger partial charge in [0.25, 0.3) is 5.91 Å². The first-order valence-corrected chi connectivity index (χ1v) is 13.0. The van der Waals surface area contributed by atoms with E-state index >= 15 is 0 Å². The Hall–Kier alpha value is -4.23. The van der Waals surface area contributed by atoms with Crippen LogP contribution in [-0.4, -0.2) is 69.2 Å². The van der Waals surface area contributed by atoms with Gasteiger partial charge in [0.2, 0.25) is 11.9 Å². The van der Waals surface area contributed by atoms with Gasteiger partial charge in [-0.2, -0.15) is 0 Å². The van der Waals surface area contributed by atoms with Crippen LogP contribution in [0, 0.1) is 5.41 Å². The van der Waals surface area contributed by atoms with E-state index in [1.807, 2.05) is 13.0 Å². The van der Waals surface area contributed by atoms with E-state index in [2.05, 4.69) is 20.6 Å². The lowest BCUT2D eigenvalue weighted by Gasteiger charge is -2.13. The molecule has 1 aromatic carbocycles. The molecular weight excluding hydrogens is 506 g/mol. The molecule has 0 aliphatic heterocycles. The zero-order chi connectivity index (χ0) is 27.4. The maximum Gasteiger partial charge on any atom is 0.326 e. The number of aromatic nitrogens is 4. The summed E-state index contributed by atoms with van der Waals surface area (Å²) < 4.78 is 3.45. The second-order valence-corrected chi connectivity index (χ2v) is 9.89. The number of imidazole rings is 2. The summed E-state index contributed by atoms with van der Waals surface area (Å²) >= 11 is 1.21. The fourth-order valence-electron chi connectivity index (χ4n) is 4.10. The van der Waals surface area contributed by atoms with E-state index in [1.165, 1.54) is 22.4 Å². The second kappa shape index (κ2) is 11.4. The molecule has 12 nitrogen and oxygen atoms in total. The Labute approximate surface area is 222 Å². The first-order valence-electron chi connectivity index (χ1n) is 12.1. The van der Waals surface area contributed by atoms with Crippen LogP contribution in [0.5, 0.6) is 0 Å². The van der Waals surface area contributed by atoms with Gasteiger partial charge in [0, 0.05) is 63.0 Å². The van der Waals surface area contributed by atoms with Crippen molar-refractivity contribution in [2.45, 2.75) is 26.4 Å². The van der Waals surface area contributed by atoms with E-state index in [4.69, 9.17) is 11.1 Å². The summed E-state index contributed by atoms with van der Waals surface area (Å²) in [7, 11) is 3.38. The number of nitrogens with two attached hydrogens (primary N) is 1. The molecule has 0 saturated heterocycles. The first kappa shape index (κ1) is 26.8. The van der Waals surface area contributed by atoms with Crippen LogP contribution in [0.1, 0.15) is 27.9 Å². The molecular formula is C25H31N9O3S. The highest BCUT2D eigenvalue weighted by atomic mass is 32.1. The number of aryl methyl sites for hydroxylation is 1. The molecule has 38 heavy (non-hydrogen) atoms. The molecule has 0 atom stereocenters. The lowest BCUT2D eigenvalue weighted by molar-refractivity contribution is -0.128. The average molecular weight is 538 g/mol. The molecule has 0 radical (unpaired) electrons. The van der Waals surface area contributed by atoms with Crippen molar-refractivity contribution >= 4 is 63.0 Å². The molecule has 0 saturated carbocycles. The van der Waals surface area contributed by atoms with Gasteiger partial charge in [-0.05, 0) is 30.8 Å². The molecule has 2 amide bonds. The van der Waals surface area contributed by atoms with Gasteiger partial charge < -0.3 is 30.9 Å². The maximum absolute atomic E-state index is 13.1. The third-order valence-corrected chi connectivity index (χ3v) is 7.26. The van der Waals surface area contributed by atoms with Crippen molar-refractivity contribution in [2.24, 2.45) is 5.73 Å². The van der Waals surface area contributed by atoms with Gasteiger partial charge in [0.05, 0.1) is 26.9 Å². The standard InChI is InChI=1S/C25H31N9O3S/c1-4-28-8-10-34-19-12-18-16(11-17(19)30-25(34)37)29-24(33(18)9-7-22(35)32(2)3)31-23(36)21-6-5-20(38-21)15(13-26)14-27/h5-6,11-14,26,28H,4,7-10,27H2,1-3H3,(H,30,37)(H,29,31,36). The number of amides is 2. The van der Waals surface area contributed by atoms with E-state index in [0.29, 0.717) is 56.4 Å². The van der Waals surface area contributed by atoms with Crippen LogP contribution in [0.4, 0.5) is 5.95 Å². The van der Waals surface area contributed by atoms with Gasteiger partial charge in [0.15, 0.2) is 0 Å². The average Bonchev–Trinajstić information content (AvgIpc) is 3.58. The number of nitrogens with zero attached hydrogens (tertiary/aromatic N) is 4. The molecule has 4 rings (SSSR count). The highest BCUT2D eigenvalue weighted by Gasteiger charge is 2.19. The van der Waals surface area contributed by atoms with Crippen LogP contribution in [0.25, 0.3) is 27.6 Å². The molecule has 3 heterocycles. The van der Waals surface area contributed by atoms with E-state index in [1.54, 1.807) is 41.4 Å². The number of likely N-dealkylation sites (N-methyl/N-ethyl adjacent to an activating group) is 1. The number of benzene rings is 1. The number of rotatable bonds is 11. The summed E-state index contributed by atoms with van der Waals surface area (Å²) in [5.41, 5.74) is 8.51. The van der Waals surface area contributed by atoms with Crippen molar-refractivity contribution in [1.82, 2.24) is 29.3 Å². The van der Waals surface area contributed by atoms with Crippen molar-refractivity contribution < 1.29 is 9.59 Å². The van der Waals surface area contributed by atoms with Crippen LogP contribution < -0.4 is 22.1 Å². The number of H-pyrrole nitrogens is 1. The minimum absolute atomic E-state index is 0.0648. The number of aromatic amines is 1. The number of hydrogen-bond acceptors (Lipinski definition) is 8. The Kier molecular flexibility index (Phi) is 8.08. The molecule has 0 unspecified atom stereocenters. The fourth-order valence-corrected chi connectivity index (χ4v) is 5.00. The summed E-state index contributed by atoms with van der Waals surface area (Å²) in [5.74, 6) is -0.140. The smallest absolute Gasteiger partial charge is 0.326 e. The topological polar surface area (TPSA) is 167 Å². The van der Waals surface area contributed by atoms with E-state index in [-0.39, 0.29) is 30.5 Å². The first-order chi connectivity index (χ1) is 18.3. The molecule has 0 aliphatic carbocycles. The van der Waals surface area contributed by atoms with Crippen molar-refractivity contribution in [3.05, 3.63) is 50.7 Å². The minimum Gasteiger partial charge on any atom is -0.404 e. The summed E-state index contributed by atoms with van der Waals surface area (Å²) in [5, 5.41) is 13.6. The zero-order valence-corrected chi connectivity index (χ0v) is 22.3. The largest absolute Gasteiger partial charge is 0.404 e. The lowest BCUT2D eigenvalue weighted by atomic mass is 10.2. The summed E-state index contributed by atoms with van der Waals surface area (Å²) in [6.07, 6.45) is 2.66. The Bertz CT molecular complexity index is 1590. The SMILES string of the molecule is CCNCCn1c(=O)[nH]c2cc3nc(NC(=O)c4ccc(C(C=N)=CN)s4)n(CCC(=O)N(C)C)c3cc21. The Morgan fingerprint density at radius 2 is 1.95 bits per heavy atom. The third-order valence-electron chi connectivity index (χ3n) is 6.13. The van der Waals surface area contributed by atoms with Crippen LogP contribution in [0.2, 0.25) is 0 Å². The summed E-state index contributed by atoms with van der Waals surface area (Å²) in [6.45, 7) is 4.22. The number of anilines is 1. The molecule has 0 spiro atoms. The minimum atomic E-state index is -0.369. The van der Waals surface area contributed by atoms with Gasteiger partial charge >= 0.3 is 5.69 Å². The van der Waals surface area contributed by atoms with Gasteiger partial charge in [-0.1, -0.05) is 6.92 Å². The lowest BCUT2D eigenvalue weighted by Crippen LogP contribution is -2.25. The van der Waals surface area contributed by atoms with E-state index in [9.17, 15) is 14.4 Å². The number of fused-ring (bicyclic) bond motifs is 2. The molecule has 0 aliphatic rings. The maximum atomic E-state index is 13.1.